The molecule has 2 fully saturated rings. The Labute approximate surface area is 120 Å². The quantitative estimate of drug-likeness (QED) is 0.846. The summed E-state index contributed by atoms with van der Waals surface area (Å²) in [5.41, 5.74) is 0.0187. The van der Waals surface area contributed by atoms with E-state index in [0.717, 1.165) is 58.3 Å². The molecule has 1 atom stereocenters. The molecular weight excluding hydrogens is 252 g/mol. The third kappa shape index (κ3) is 3.06. The van der Waals surface area contributed by atoms with Crippen LogP contribution < -0.4 is 0 Å². The molecule has 0 saturated carbocycles. The van der Waals surface area contributed by atoms with Gasteiger partial charge in [0, 0.05) is 45.1 Å². The van der Waals surface area contributed by atoms with Crippen molar-refractivity contribution in [3.05, 3.63) is 24.5 Å². The maximum absolute atomic E-state index is 12.2. The van der Waals surface area contributed by atoms with Crippen molar-refractivity contribution in [2.75, 3.05) is 19.7 Å². The van der Waals surface area contributed by atoms with Gasteiger partial charge in [-0.1, -0.05) is 0 Å². The first-order chi connectivity index (χ1) is 9.77. The van der Waals surface area contributed by atoms with Crippen LogP contribution in [0.3, 0.4) is 0 Å². The molecular formula is C16H24N2O2. The Bertz CT molecular complexity index is 435. The van der Waals surface area contributed by atoms with E-state index in [1.807, 2.05) is 17.0 Å². The highest BCUT2D eigenvalue weighted by Gasteiger charge is 2.38. The number of hydrogen-bond acceptors (Lipinski definition) is 2. The lowest BCUT2D eigenvalue weighted by Gasteiger charge is -2.26. The predicted molar refractivity (Wildman–Crippen MR) is 77.4 cm³/mol. The number of aryl methyl sites for hydroxylation is 1. The lowest BCUT2D eigenvalue weighted by atomic mass is 9.92. The number of rotatable bonds is 4. The van der Waals surface area contributed by atoms with E-state index < -0.39 is 0 Å². The monoisotopic (exact) mass is 276 g/mol. The Morgan fingerprint density at radius 3 is 2.75 bits per heavy atom. The Balaban J connectivity index is 1.50. The van der Waals surface area contributed by atoms with Gasteiger partial charge >= 0.3 is 0 Å². The molecule has 2 aliphatic heterocycles. The summed E-state index contributed by atoms with van der Waals surface area (Å²) in [6.45, 7) is 3.60. The Morgan fingerprint density at radius 1 is 1.15 bits per heavy atom. The van der Waals surface area contributed by atoms with Gasteiger partial charge in [-0.15, -0.1) is 0 Å². The fourth-order valence-corrected chi connectivity index (χ4v) is 3.43. The molecule has 20 heavy (non-hydrogen) atoms. The van der Waals surface area contributed by atoms with Gasteiger partial charge in [0.25, 0.3) is 0 Å². The van der Waals surface area contributed by atoms with E-state index in [1.54, 1.807) is 0 Å². The molecule has 2 aliphatic rings. The van der Waals surface area contributed by atoms with Gasteiger partial charge in [-0.3, -0.25) is 4.79 Å². The van der Waals surface area contributed by atoms with Crippen LogP contribution in [-0.2, 0) is 16.1 Å². The zero-order chi connectivity index (χ0) is 13.8. The zero-order valence-electron chi connectivity index (χ0n) is 12.1. The molecule has 110 valence electrons. The van der Waals surface area contributed by atoms with Crippen molar-refractivity contribution >= 4 is 5.91 Å². The summed E-state index contributed by atoms with van der Waals surface area (Å²) in [7, 11) is 0. The fraction of sp³-hybridized carbons (Fsp3) is 0.688. The van der Waals surface area contributed by atoms with E-state index >= 15 is 0 Å². The van der Waals surface area contributed by atoms with Gasteiger partial charge < -0.3 is 14.2 Å². The average Bonchev–Trinajstić information content (AvgIpc) is 3.09. The maximum atomic E-state index is 12.2. The largest absolute Gasteiger partial charge is 0.375 e. The van der Waals surface area contributed by atoms with Crippen LogP contribution in [0.5, 0.6) is 0 Å². The van der Waals surface area contributed by atoms with Crippen LogP contribution in [0.4, 0.5) is 0 Å². The van der Waals surface area contributed by atoms with E-state index in [0.29, 0.717) is 12.3 Å². The molecule has 3 heterocycles. The summed E-state index contributed by atoms with van der Waals surface area (Å²) >= 11 is 0. The van der Waals surface area contributed by atoms with Crippen molar-refractivity contribution in [3.63, 3.8) is 0 Å². The second kappa shape index (κ2) is 6.00. The van der Waals surface area contributed by atoms with Crippen molar-refractivity contribution in [1.82, 2.24) is 9.47 Å². The molecule has 4 nitrogen and oxygen atoms in total. The number of aromatic nitrogens is 1. The van der Waals surface area contributed by atoms with Gasteiger partial charge in [-0.2, -0.15) is 0 Å². The topological polar surface area (TPSA) is 34.5 Å². The van der Waals surface area contributed by atoms with Crippen LogP contribution in [0.25, 0.3) is 0 Å². The molecule has 0 bridgehead atoms. The second-order valence-corrected chi connectivity index (χ2v) is 6.04. The molecule has 4 heteroatoms. The maximum Gasteiger partial charge on any atom is 0.222 e. The zero-order valence-corrected chi connectivity index (χ0v) is 12.1. The first-order valence-electron chi connectivity index (χ1n) is 7.80. The first kappa shape index (κ1) is 13.7. The Kier molecular flexibility index (Phi) is 4.10. The second-order valence-electron chi connectivity index (χ2n) is 6.04. The van der Waals surface area contributed by atoms with Gasteiger partial charge in [0.2, 0.25) is 5.91 Å². The molecule has 1 amide bonds. The number of nitrogens with zero attached hydrogens (tertiary/aromatic N) is 2. The number of carbonyl (C=O) groups excluding carboxylic acids is 1. The number of amides is 1. The summed E-state index contributed by atoms with van der Waals surface area (Å²) < 4.78 is 8.11. The first-order valence-corrected chi connectivity index (χ1v) is 7.80. The van der Waals surface area contributed by atoms with Crippen LogP contribution in [0.15, 0.2) is 24.5 Å². The summed E-state index contributed by atoms with van der Waals surface area (Å²) in [5, 5.41) is 0. The smallest absolute Gasteiger partial charge is 0.222 e. The summed E-state index contributed by atoms with van der Waals surface area (Å²) in [6.07, 6.45) is 10.1. The Hall–Kier alpha value is -1.29. The molecule has 0 radical (unpaired) electrons. The van der Waals surface area contributed by atoms with Crippen molar-refractivity contribution in [3.8, 4) is 0 Å². The molecule has 3 rings (SSSR count). The highest BCUT2D eigenvalue weighted by Crippen LogP contribution is 2.35. The highest BCUT2D eigenvalue weighted by atomic mass is 16.5. The van der Waals surface area contributed by atoms with Crippen LogP contribution in [-0.4, -0.2) is 40.7 Å². The normalized spacial score (nSPS) is 27.2. The van der Waals surface area contributed by atoms with Gasteiger partial charge in [-0.05, 0) is 44.2 Å². The minimum atomic E-state index is 0.0187. The molecule has 1 unspecified atom stereocenters. The van der Waals surface area contributed by atoms with E-state index in [1.165, 1.54) is 0 Å². The number of hydrogen-bond donors (Lipinski definition) is 0. The number of ether oxygens (including phenoxy) is 1. The van der Waals surface area contributed by atoms with Crippen molar-refractivity contribution in [2.24, 2.45) is 0 Å². The minimum absolute atomic E-state index is 0.0187. The predicted octanol–water partition coefficient (Wildman–Crippen LogP) is 2.44. The van der Waals surface area contributed by atoms with Crippen LogP contribution in [0, 0.1) is 0 Å². The van der Waals surface area contributed by atoms with E-state index in [4.69, 9.17) is 4.74 Å². The standard InChI is InChI=1S/C16H24N2O2/c19-15-5-7-16(6-3-14-20-16)8-13-18(15)12-4-11-17-9-1-2-10-17/h1-2,9-10H,3-8,11-14H2. The fourth-order valence-electron chi connectivity index (χ4n) is 3.43. The number of likely N-dealkylation sites (tertiary alicyclic amines) is 1. The molecule has 1 aromatic heterocycles. The average molecular weight is 276 g/mol. The van der Waals surface area contributed by atoms with Gasteiger partial charge in [0.05, 0.1) is 5.60 Å². The lowest BCUT2D eigenvalue weighted by molar-refractivity contribution is -0.130. The molecule has 0 N–H and O–H groups in total. The van der Waals surface area contributed by atoms with Gasteiger partial charge in [-0.25, -0.2) is 0 Å². The lowest BCUT2D eigenvalue weighted by Crippen LogP contribution is -2.33. The SMILES string of the molecule is O=C1CCC2(CCCO2)CCN1CCCn1cccc1. The van der Waals surface area contributed by atoms with Crippen molar-refractivity contribution in [2.45, 2.75) is 50.7 Å². The van der Waals surface area contributed by atoms with Crippen LogP contribution >= 0.6 is 0 Å². The summed E-state index contributed by atoms with van der Waals surface area (Å²) in [5.74, 6) is 0.310. The molecule has 2 saturated heterocycles. The van der Waals surface area contributed by atoms with Crippen LogP contribution in [0.2, 0.25) is 0 Å². The van der Waals surface area contributed by atoms with Crippen molar-refractivity contribution in [1.29, 1.82) is 0 Å². The van der Waals surface area contributed by atoms with Crippen LogP contribution in [0.1, 0.15) is 38.5 Å². The van der Waals surface area contributed by atoms with E-state index in [2.05, 4.69) is 17.0 Å². The van der Waals surface area contributed by atoms with E-state index in [-0.39, 0.29) is 5.60 Å². The van der Waals surface area contributed by atoms with Gasteiger partial charge in [0.15, 0.2) is 0 Å². The third-order valence-corrected chi connectivity index (χ3v) is 4.68. The van der Waals surface area contributed by atoms with E-state index in [9.17, 15) is 4.79 Å². The summed E-state index contributed by atoms with van der Waals surface area (Å²) in [4.78, 5) is 14.3. The van der Waals surface area contributed by atoms with Gasteiger partial charge in [0.1, 0.15) is 0 Å². The molecule has 1 spiro atoms. The summed E-state index contributed by atoms with van der Waals surface area (Å²) in [6, 6.07) is 4.08. The minimum Gasteiger partial charge on any atom is -0.375 e. The Morgan fingerprint density at radius 2 is 2.00 bits per heavy atom. The molecule has 1 aromatic rings. The number of carbonyl (C=O) groups is 1. The van der Waals surface area contributed by atoms with Crippen molar-refractivity contribution < 1.29 is 9.53 Å². The third-order valence-electron chi connectivity index (χ3n) is 4.68. The highest BCUT2D eigenvalue weighted by molar-refractivity contribution is 5.76. The molecule has 0 aliphatic carbocycles. The molecule has 0 aromatic carbocycles.